The first kappa shape index (κ1) is 40.4. The lowest BCUT2D eigenvalue weighted by molar-refractivity contribution is -0.716. The van der Waals surface area contributed by atoms with Crippen LogP contribution in [0.15, 0.2) is 116 Å². The highest BCUT2D eigenvalue weighted by Crippen LogP contribution is 2.11. The van der Waals surface area contributed by atoms with Crippen molar-refractivity contribution in [1.82, 2.24) is 0 Å². The Kier molecular flexibility index (Phi) is 22.8. The van der Waals surface area contributed by atoms with E-state index in [-0.39, 0.29) is 0 Å². The molecule has 0 bridgehead atoms. The van der Waals surface area contributed by atoms with Crippen molar-refractivity contribution < 1.29 is 13.7 Å². The van der Waals surface area contributed by atoms with Crippen LogP contribution < -0.4 is 13.7 Å². The maximum Gasteiger partial charge on any atom is 0.212 e. The molecule has 240 valence electrons. The number of nitrogens with zero attached hydrogens (tertiary/aromatic N) is 3. The summed E-state index contributed by atoms with van der Waals surface area (Å²) in [7, 11) is 0. The summed E-state index contributed by atoms with van der Waals surface area (Å²) in [6.07, 6.45) is 14.4. The van der Waals surface area contributed by atoms with E-state index < -0.39 is 0 Å². The average Bonchev–Trinajstić information content (AvgIpc) is 3.02. The topological polar surface area (TPSA) is 11.6 Å². The number of benzene rings is 2. The zero-order valence-corrected chi connectivity index (χ0v) is 30.2. The number of hydrogen-bond acceptors (Lipinski definition) is 0. The molecule has 3 nitrogen and oxygen atoms in total. The standard InChI is InChI=1S/2C12H14N.C8H12N.3C3H8/c1-10(2)13-9-5-7-11-6-3-4-8-12(11)13;1-10(2)13-8-7-11-5-3-4-6-12(11)9-13;1-8(2)9-6-4-3-5-7-9;3*1-3-2/h2*3-10H,1-2H3;3-8H,1-2H3;3*3H2,1-2H3/q3*+1;;;. The van der Waals surface area contributed by atoms with Gasteiger partial charge in [-0.3, -0.25) is 0 Å². The van der Waals surface area contributed by atoms with Crippen LogP contribution >= 0.6 is 0 Å². The molecule has 0 unspecified atom stereocenters. The average molecular weight is 599 g/mol. The van der Waals surface area contributed by atoms with Gasteiger partial charge in [0.05, 0.1) is 0 Å². The smallest absolute Gasteiger partial charge is 0.203 e. The lowest BCUT2D eigenvalue weighted by atomic mass is 10.2. The summed E-state index contributed by atoms with van der Waals surface area (Å²) in [5.74, 6) is 0. The van der Waals surface area contributed by atoms with Gasteiger partial charge in [-0.2, -0.15) is 4.57 Å². The fourth-order valence-electron chi connectivity index (χ4n) is 3.86. The van der Waals surface area contributed by atoms with E-state index in [1.165, 1.54) is 40.9 Å². The molecule has 3 aromatic heterocycles. The van der Waals surface area contributed by atoms with Gasteiger partial charge in [0.1, 0.15) is 0 Å². The zero-order valence-electron chi connectivity index (χ0n) is 30.2. The van der Waals surface area contributed by atoms with Gasteiger partial charge in [-0.15, -0.1) is 0 Å². The largest absolute Gasteiger partial charge is 0.212 e. The summed E-state index contributed by atoms with van der Waals surface area (Å²) in [5, 5.41) is 3.91. The fraction of sp³-hybridized carbons (Fsp3) is 0.439. The van der Waals surface area contributed by atoms with Crippen molar-refractivity contribution in [3.63, 3.8) is 0 Å². The van der Waals surface area contributed by atoms with Crippen LogP contribution in [0.25, 0.3) is 21.7 Å². The van der Waals surface area contributed by atoms with Crippen LogP contribution in [0.3, 0.4) is 0 Å². The second kappa shape index (κ2) is 24.8. The highest BCUT2D eigenvalue weighted by molar-refractivity contribution is 5.80. The van der Waals surface area contributed by atoms with E-state index >= 15 is 0 Å². The Morgan fingerprint density at radius 3 is 1.34 bits per heavy atom. The van der Waals surface area contributed by atoms with Gasteiger partial charge in [-0.25, -0.2) is 9.13 Å². The quantitative estimate of drug-likeness (QED) is 0.183. The van der Waals surface area contributed by atoms with Crippen molar-refractivity contribution >= 4 is 21.7 Å². The molecule has 0 aliphatic carbocycles. The van der Waals surface area contributed by atoms with Gasteiger partial charge in [0.15, 0.2) is 49.1 Å². The Morgan fingerprint density at radius 1 is 0.409 bits per heavy atom. The summed E-state index contributed by atoms with van der Waals surface area (Å²) in [4.78, 5) is 0. The molecule has 0 N–H and O–H groups in total. The third-order valence-corrected chi connectivity index (χ3v) is 5.94. The van der Waals surface area contributed by atoms with Gasteiger partial charge in [0, 0.05) is 41.1 Å². The van der Waals surface area contributed by atoms with Crippen LogP contribution in [0.1, 0.15) is 120 Å². The van der Waals surface area contributed by atoms with E-state index in [9.17, 15) is 0 Å². The maximum atomic E-state index is 2.29. The third kappa shape index (κ3) is 16.3. The molecule has 0 spiro atoms. The monoisotopic (exact) mass is 599 g/mol. The normalized spacial score (nSPS) is 9.80. The Morgan fingerprint density at radius 2 is 0.864 bits per heavy atom. The molecule has 5 aromatic rings. The van der Waals surface area contributed by atoms with Gasteiger partial charge in [0.25, 0.3) is 0 Å². The van der Waals surface area contributed by atoms with Crippen molar-refractivity contribution in [1.29, 1.82) is 0 Å². The van der Waals surface area contributed by atoms with Crippen molar-refractivity contribution in [2.24, 2.45) is 0 Å². The Hall–Kier alpha value is -3.59. The summed E-state index contributed by atoms with van der Waals surface area (Å²) >= 11 is 0. The summed E-state index contributed by atoms with van der Waals surface area (Å²) in [5.41, 5.74) is 1.31. The number of fused-ring (bicyclic) bond motifs is 2. The first-order chi connectivity index (χ1) is 21.1. The van der Waals surface area contributed by atoms with Gasteiger partial charge >= 0.3 is 0 Å². The molecule has 0 fully saturated rings. The maximum absolute atomic E-state index is 2.29. The second-order valence-corrected chi connectivity index (χ2v) is 11.7. The Balaban J connectivity index is 0.000000562. The Bertz CT molecular complexity index is 1360. The van der Waals surface area contributed by atoms with Crippen LogP contribution in [0, 0.1) is 0 Å². The number of hydrogen-bond donors (Lipinski definition) is 0. The molecule has 0 atom stereocenters. The lowest BCUT2D eigenvalue weighted by Crippen LogP contribution is -2.36. The molecule has 44 heavy (non-hydrogen) atoms. The molecule has 0 radical (unpaired) electrons. The number of para-hydroxylation sites is 1. The lowest BCUT2D eigenvalue weighted by Gasteiger charge is -2.03. The van der Waals surface area contributed by atoms with Crippen LogP contribution in [-0.2, 0) is 0 Å². The number of aromatic nitrogens is 3. The summed E-state index contributed by atoms with van der Waals surface area (Å²) in [6.45, 7) is 25.9. The van der Waals surface area contributed by atoms with E-state index in [0.717, 1.165) is 0 Å². The minimum Gasteiger partial charge on any atom is -0.203 e. The molecular weight excluding hydrogens is 534 g/mol. The molecule has 0 saturated heterocycles. The Labute approximate surface area is 271 Å². The van der Waals surface area contributed by atoms with Gasteiger partial charge < -0.3 is 0 Å². The van der Waals surface area contributed by atoms with Gasteiger partial charge in [0.2, 0.25) is 5.52 Å². The van der Waals surface area contributed by atoms with E-state index in [4.69, 9.17) is 0 Å². The molecule has 3 heteroatoms. The number of rotatable bonds is 3. The molecular formula is C41H64N3+3. The van der Waals surface area contributed by atoms with Crippen LogP contribution in [0.2, 0.25) is 0 Å². The predicted octanol–water partition coefficient (Wildman–Crippen LogP) is 11.2. The molecule has 3 heterocycles. The third-order valence-electron chi connectivity index (χ3n) is 5.94. The molecule has 5 rings (SSSR count). The zero-order chi connectivity index (χ0) is 33.3. The van der Waals surface area contributed by atoms with Crippen molar-refractivity contribution in [3.8, 4) is 0 Å². The molecule has 0 amide bonds. The predicted molar refractivity (Wildman–Crippen MR) is 194 cm³/mol. The first-order valence-electron chi connectivity index (χ1n) is 16.8. The van der Waals surface area contributed by atoms with Crippen LogP contribution in [0.4, 0.5) is 0 Å². The van der Waals surface area contributed by atoms with Crippen molar-refractivity contribution in [3.05, 3.63) is 116 Å². The van der Waals surface area contributed by atoms with Gasteiger partial charge in [-0.1, -0.05) is 97.2 Å². The SMILES string of the molecule is CC(C)[n+]1ccc2ccccc2c1.CC(C)[n+]1cccc2ccccc21.CC(C)[n+]1ccccc1.CCC.CCC.CCC. The van der Waals surface area contributed by atoms with Crippen molar-refractivity contribution in [2.75, 3.05) is 0 Å². The van der Waals surface area contributed by atoms with E-state index in [2.05, 4.69) is 195 Å². The fourth-order valence-corrected chi connectivity index (χ4v) is 3.86. The summed E-state index contributed by atoms with van der Waals surface area (Å²) in [6, 6.07) is 31.0. The van der Waals surface area contributed by atoms with Gasteiger partial charge in [-0.05, 0) is 65.1 Å². The van der Waals surface area contributed by atoms with Crippen molar-refractivity contribution in [2.45, 2.75) is 120 Å². The summed E-state index contributed by atoms with van der Waals surface area (Å²) < 4.78 is 6.68. The highest BCUT2D eigenvalue weighted by Gasteiger charge is 2.10. The number of pyridine rings is 3. The molecule has 0 aliphatic heterocycles. The minimum absolute atomic E-state index is 0.520. The second-order valence-electron chi connectivity index (χ2n) is 11.7. The molecule has 0 saturated carbocycles. The molecule has 2 aromatic carbocycles. The molecule has 0 aliphatic rings. The first-order valence-corrected chi connectivity index (χ1v) is 16.8. The van der Waals surface area contributed by atoms with Crippen LogP contribution in [-0.4, -0.2) is 0 Å². The van der Waals surface area contributed by atoms with Crippen LogP contribution in [0.5, 0.6) is 0 Å². The van der Waals surface area contributed by atoms with E-state index in [0.29, 0.717) is 18.1 Å². The minimum atomic E-state index is 0.520. The highest BCUT2D eigenvalue weighted by atomic mass is 15.0. The van der Waals surface area contributed by atoms with E-state index in [1.54, 1.807) is 0 Å². The van der Waals surface area contributed by atoms with E-state index in [1.807, 2.05) is 18.2 Å².